The zero-order valence-corrected chi connectivity index (χ0v) is 20.8. The maximum absolute atomic E-state index is 13.1. The smallest absolute Gasteiger partial charge is 0.317 e. The van der Waals surface area contributed by atoms with Crippen LogP contribution in [0.3, 0.4) is 0 Å². The summed E-state index contributed by atoms with van der Waals surface area (Å²) in [6.07, 6.45) is 6.66. The fraction of sp³-hybridized carbons (Fsp3) is 0.440. The molecule has 1 fully saturated rings. The van der Waals surface area contributed by atoms with E-state index in [0.29, 0.717) is 30.7 Å². The van der Waals surface area contributed by atoms with Crippen molar-refractivity contribution >= 4 is 34.7 Å². The monoisotopic (exact) mass is 494 g/mol. The largest absolute Gasteiger partial charge is 0.335 e. The Morgan fingerprint density at radius 3 is 2.82 bits per heavy atom. The number of halogens is 1. The van der Waals surface area contributed by atoms with E-state index in [1.165, 1.54) is 29.7 Å². The van der Waals surface area contributed by atoms with Crippen LogP contribution in [0.25, 0.3) is 5.00 Å². The molecule has 0 atom stereocenters. The highest BCUT2D eigenvalue weighted by atomic mass is 35.5. The molecule has 1 N–H and O–H groups in total. The Bertz CT molecular complexity index is 1290. The van der Waals surface area contributed by atoms with E-state index < -0.39 is 0 Å². The van der Waals surface area contributed by atoms with Crippen molar-refractivity contribution in [3.05, 3.63) is 62.5 Å². The van der Waals surface area contributed by atoms with Gasteiger partial charge >= 0.3 is 6.03 Å². The zero-order valence-electron chi connectivity index (χ0n) is 19.2. The number of aryl methyl sites for hydroxylation is 1. The molecule has 0 saturated heterocycles. The summed E-state index contributed by atoms with van der Waals surface area (Å²) in [5.74, 6) is 1.67. The Hall–Kier alpha value is -2.71. The van der Waals surface area contributed by atoms with E-state index in [0.717, 1.165) is 52.8 Å². The minimum absolute atomic E-state index is 0.0577. The van der Waals surface area contributed by atoms with Crippen LogP contribution in [0.15, 0.2) is 29.3 Å². The van der Waals surface area contributed by atoms with E-state index in [4.69, 9.17) is 16.6 Å². The molecule has 4 heterocycles. The van der Waals surface area contributed by atoms with E-state index in [-0.39, 0.29) is 6.03 Å². The number of rotatable bonds is 2. The van der Waals surface area contributed by atoms with Gasteiger partial charge in [0.1, 0.15) is 17.4 Å². The fourth-order valence-corrected chi connectivity index (χ4v) is 7.01. The highest BCUT2D eigenvalue weighted by Gasteiger charge is 2.33. The Morgan fingerprint density at radius 2 is 2.00 bits per heavy atom. The van der Waals surface area contributed by atoms with Gasteiger partial charge in [0, 0.05) is 33.6 Å². The molecule has 0 spiro atoms. The third-order valence-electron chi connectivity index (χ3n) is 7.10. The lowest BCUT2D eigenvalue weighted by Gasteiger charge is -2.31. The Labute approximate surface area is 207 Å². The van der Waals surface area contributed by atoms with Crippen LogP contribution < -0.4 is 5.32 Å². The number of aliphatic imine (C=N–C) groups is 1. The van der Waals surface area contributed by atoms with Crippen LogP contribution in [-0.4, -0.2) is 44.0 Å². The van der Waals surface area contributed by atoms with E-state index in [1.807, 2.05) is 36.1 Å². The number of nitrogens with zero attached hydrogens (tertiary/aromatic N) is 5. The Kier molecular flexibility index (Phi) is 5.65. The quantitative estimate of drug-likeness (QED) is 0.542. The third kappa shape index (κ3) is 3.73. The van der Waals surface area contributed by atoms with Gasteiger partial charge in [-0.3, -0.25) is 9.56 Å². The van der Waals surface area contributed by atoms with Crippen molar-refractivity contribution in [1.82, 2.24) is 25.0 Å². The van der Waals surface area contributed by atoms with Gasteiger partial charge in [0.2, 0.25) is 0 Å². The summed E-state index contributed by atoms with van der Waals surface area (Å²) in [6, 6.07) is 8.24. The van der Waals surface area contributed by atoms with Crippen molar-refractivity contribution in [2.75, 3.05) is 6.54 Å². The average Bonchev–Trinajstić information content (AvgIpc) is 3.35. The lowest BCUT2D eigenvalue weighted by molar-refractivity contribution is 0.185. The van der Waals surface area contributed by atoms with Crippen LogP contribution in [0.2, 0.25) is 5.02 Å². The molecule has 1 aromatic carbocycles. The predicted molar refractivity (Wildman–Crippen MR) is 134 cm³/mol. The number of carbonyl (C=O) groups is 1. The van der Waals surface area contributed by atoms with Crippen molar-refractivity contribution in [2.24, 2.45) is 4.99 Å². The van der Waals surface area contributed by atoms with E-state index in [2.05, 4.69) is 20.1 Å². The second kappa shape index (κ2) is 8.82. The van der Waals surface area contributed by atoms with Crippen LogP contribution >= 0.6 is 22.9 Å². The summed E-state index contributed by atoms with van der Waals surface area (Å²) in [7, 11) is 0. The SMILES string of the molecule is Cc1nnc2n1-c1sc3c(c1C(c1ccccc1Cl)=NC2)CCN(C(=O)NC1CCCCC1)C3. The van der Waals surface area contributed by atoms with Crippen molar-refractivity contribution in [3.63, 3.8) is 0 Å². The standard InChI is InChI=1S/C25H27ClN6OS/c1-15-29-30-21-13-27-23(17-9-5-6-10-19(17)26)22-18-11-12-31(14-20(18)34-24(22)32(15)21)25(33)28-16-7-3-2-4-8-16/h5-6,9-10,16H,2-4,7-8,11-14H2,1H3,(H,28,33). The van der Waals surface area contributed by atoms with Crippen molar-refractivity contribution in [3.8, 4) is 5.00 Å². The van der Waals surface area contributed by atoms with Crippen molar-refractivity contribution in [1.29, 1.82) is 0 Å². The second-order valence-electron chi connectivity index (χ2n) is 9.28. The Morgan fingerprint density at radius 1 is 1.18 bits per heavy atom. The predicted octanol–water partition coefficient (Wildman–Crippen LogP) is 5.04. The van der Waals surface area contributed by atoms with Gasteiger partial charge in [-0.25, -0.2) is 4.79 Å². The fourth-order valence-electron chi connectivity index (χ4n) is 5.35. The third-order valence-corrected chi connectivity index (χ3v) is 8.63. The van der Waals surface area contributed by atoms with Crippen LogP contribution in [0.5, 0.6) is 0 Å². The van der Waals surface area contributed by atoms with Crippen molar-refractivity contribution in [2.45, 2.75) is 64.6 Å². The second-order valence-corrected chi connectivity index (χ2v) is 10.8. The number of urea groups is 1. The van der Waals surface area contributed by atoms with Gasteiger partial charge in [-0.1, -0.05) is 49.1 Å². The number of hydrogen-bond acceptors (Lipinski definition) is 5. The first kappa shape index (κ1) is 21.8. The lowest BCUT2D eigenvalue weighted by atomic mass is 9.95. The molecular formula is C25H27ClN6OS. The number of fused-ring (bicyclic) bond motifs is 5. The maximum atomic E-state index is 13.1. The first-order chi connectivity index (χ1) is 16.6. The highest BCUT2D eigenvalue weighted by molar-refractivity contribution is 7.15. The molecule has 3 aromatic rings. The van der Waals surface area contributed by atoms with Crippen LogP contribution in [0.1, 0.15) is 65.3 Å². The van der Waals surface area contributed by atoms with Gasteiger partial charge in [-0.05, 0) is 37.8 Å². The summed E-state index contributed by atoms with van der Waals surface area (Å²) in [5.41, 5.74) is 4.21. The number of amides is 2. The van der Waals surface area contributed by atoms with Crippen LogP contribution in [-0.2, 0) is 19.5 Å². The first-order valence-electron chi connectivity index (χ1n) is 12.0. The molecule has 6 rings (SSSR count). The van der Waals surface area contributed by atoms with Gasteiger partial charge in [-0.15, -0.1) is 21.5 Å². The van der Waals surface area contributed by atoms with Gasteiger partial charge in [0.05, 0.1) is 12.3 Å². The number of thiophene rings is 1. The number of benzene rings is 1. The molecule has 0 unspecified atom stereocenters. The molecule has 1 aliphatic carbocycles. The maximum Gasteiger partial charge on any atom is 0.317 e. The number of hydrogen-bond donors (Lipinski definition) is 1. The van der Waals surface area contributed by atoms with Gasteiger partial charge in [0.25, 0.3) is 0 Å². The average molecular weight is 495 g/mol. The summed E-state index contributed by atoms with van der Waals surface area (Å²) >= 11 is 8.35. The molecule has 0 radical (unpaired) electrons. The molecular weight excluding hydrogens is 468 g/mol. The minimum Gasteiger partial charge on any atom is -0.335 e. The Balaban J connectivity index is 1.38. The first-order valence-corrected chi connectivity index (χ1v) is 13.2. The topological polar surface area (TPSA) is 75.4 Å². The van der Waals surface area contributed by atoms with Crippen molar-refractivity contribution < 1.29 is 4.79 Å². The lowest BCUT2D eigenvalue weighted by Crippen LogP contribution is -2.47. The molecule has 34 heavy (non-hydrogen) atoms. The van der Waals surface area contributed by atoms with Gasteiger partial charge < -0.3 is 10.2 Å². The van der Waals surface area contributed by atoms with E-state index in [9.17, 15) is 4.79 Å². The molecule has 2 amide bonds. The van der Waals surface area contributed by atoms with E-state index in [1.54, 1.807) is 11.3 Å². The summed E-state index contributed by atoms with van der Waals surface area (Å²) < 4.78 is 2.12. The molecule has 1 saturated carbocycles. The zero-order chi connectivity index (χ0) is 23.2. The highest BCUT2D eigenvalue weighted by Crippen LogP contribution is 2.40. The molecule has 2 aliphatic heterocycles. The summed E-state index contributed by atoms with van der Waals surface area (Å²) in [5, 5.41) is 13.7. The molecule has 7 nitrogen and oxygen atoms in total. The van der Waals surface area contributed by atoms with E-state index >= 15 is 0 Å². The molecule has 9 heteroatoms. The van der Waals surface area contributed by atoms with Gasteiger partial charge in [-0.2, -0.15) is 0 Å². The minimum atomic E-state index is 0.0577. The normalized spacial score (nSPS) is 17.9. The molecule has 2 aromatic heterocycles. The number of nitrogens with one attached hydrogen (secondary N) is 1. The molecule has 3 aliphatic rings. The van der Waals surface area contributed by atoms with Crippen LogP contribution in [0, 0.1) is 6.92 Å². The molecule has 0 bridgehead atoms. The summed E-state index contributed by atoms with van der Waals surface area (Å²) in [4.78, 5) is 21.2. The number of aromatic nitrogens is 3. The number of carbonyl (C=O) groups excluding carboxylic acids is 1. The molecule has 176 valence electrons. The van der Waals surface area contributed by atoms with Crippen LogP contribution in [0.4, 0.5) is 4.79 Å². The summed E-state index contributed by atoms with van der Waals surface area (Å²) in [6.45, 7) is 3.73. The van der Waals surface area contributed by atoms with Gasteiger partial charge in [0.15, 0.2) is 5.82 Å².